The van der Waals surface area contributed by atoms with E-state index in [0.29, 0.717) is 89.4 Å². The number of benzene rings is 2. The molecule has 17 heteroatoms. The number of carbonyl (C=O) groups is 1. The fourth-order valence-corrected chi connectivity index (χ4v) is 10.7. The van der Waals surface area contributed by atoms with Crippen molar-refractivity contribution in [3.05, 3.63) is 139 Å². The Bertz CT molecular complexity index is 3050. The van der Waals surface area contributed by atoms with Gasteiger partial charge in [-0.25, -0.2) is 23.7 Å². The lowest BCUT2D eigenvalue weighted by Crippen LogP contribution is -2.41. The van der Waals surface area contributed by atoms with Crippen LogP contribution < -0.4 is 11.4 Å². The van der Waals surface area contributed by atoms with Crippen LogP contribution in [0.5, 0.6) is 0 Å². The lowest BCUT2D eigenvalue weighted by atomic mass is 9.91. The average Bonchev–Trinajstić information content (AvgIpc) is 3.75. The molecule has 0 spiro atoms. The summed E-state index contributed by atoms with van der Waals surface area (Å²) in [7, 11) is -2.81. The molecule has 2 aromatic carbocycles. The van der Waals surface area contributed by atoms with Crippen molar-refractivity contribution in [1.29, 1.82) is 0 Å². The molecule has 1 aliphatic carbocycles. The molecule has 4 aromatic heterocycles. The number of rotatable bonds is 9. The van der Waals surface area contributed by atoms with Crippen LogP contribution in [0.4, 0.5) is 4.39 Å². The average molecular weight is 876 g/mol. The van der Waals surface area contributed by atoms with Gasteiger partial charge in [-0.15, -0.1) is 0 Å². The number of imidazole rings is 1. The van der Waals surface area contributed by atoms with E-state index in [4.69, 9.17) is 14.4 Å². The van der Waals surface area contributed by atoms with E-state index < -0.39 is 30.2 Å². The molecule has 0 radical (unpaired) electrons. The van der Waals surface area contributed by atoms with E-state index in [2.05, 4.69) is 46.8 Å². The van der Waals surface area contributed by atoms with Gasteiger partial charge in [0.1, 0.15) is 35.8 Å². The van der Waals surface area contributed by atoms with Crippen LogP contribution in [0.3, 0.4) is 0 Å². The molecular weight excluding hydrogens is 825 g/mol. The monoisotopic (exact) mass is 875 g/mol. The molecule has 15 nitrogen and oxygen atoms in total. The first-order valence-electron chi connectivity index (χ1n) is 21.3. The normalized spacial score (nSPS) is 21.0. The zero-order valence-corrected chi connectivity index (χ0v) is 37.4. The topological polar surface area (TPSA) is 168 Å². The van der Waals surface area contributed by atoms with E-state index >= 15 is 9.18 Å². The van der Waals surface area contributed by atoms with Crippen molar-refractivity contribution < 1.29 is 23.0 Å². The van der Waals surface area contributed by atoms with Gasteiger partial charge in [0, 0.05) is 55.0 Å². The number of aliphatic imine (C=N–C) groups is 1. The highest BCUT2D eigenvalue weighted by Gasteiger charge is 2.59. The summed E-state index contributed by atoms with van der Waals surface area (Å²) >= 11 is 0. The second-order valence-corrected chi connectivity index (χ2v) is 20.6. The lowest BCUT2D eigenvalue weighted by Gasteiger charge is -2.34. The molecule has 6 heterocycles. The number of allylic oxidation sites excluding steroid dienone is 2. The highest BCUT2D eigenvalue weighted by Crippen LogP contribution is 2.56. The third kappa shape index (κ3) is 6.94. The van der Waals surface area contributed by atoms with Gasteiger partial charge in [-0.05, 0) is 125 Å². The predicted molar refractivity (Wildman–Crippen MR) is 239 cm³/mol. The van der Waals surface area contributed by atoms with Gasteiger partial charge in [-0.1, -0.05) is 30.8 Å². The first-order valence-corrected chi connectivity index (χ1v) is 23.9. The molecule has 328 valence electrons. The number of aromatic amines is 1. The number of ether oxygens (including phenoxy) is 1. The summed E-state index contributed by atoms with van der Waals surface area (Å²) < 4.78 is 45.3. The SMILES string of the molecule is C=C/C(=N\C(=C/C)P(C)(C)=O)n1ccn(-c2c3c(nn2-c2cc(C)c(F)c(C)c2)CCN(C(=O)c2cc4cc(C5CCOCC5)ccc4n2C2(c4noc(=O)[nH]4)CC2C)C3C)c1=O. The Morgan fingerprint density at radius 1 is 1.08 bits per heavy atom. The molecule has 2 fully saturated rings. The molecule has 0 bridgehead atoms. The van der Waals surface area contributed by atoms with Gasteiger partial charge >= 0.3 is 11.4 Å². The van der Waals surface area contributed by atoms with Gasteiger partial charge in [-0.2, -0.15) is 5.10 Å². The maximum Gasteiger partial charge on any atom is 0.438 e. The highest BCUT2D eigenvalue weighted by molar-refractivity contribution is 7.66. The number of nitrogens with zero attached hydrogens (tertiary/aromatic N) is 8. The number of hydrogen-bond donors (Lipinski definition) is 1. The molecule has 1 saturated heterocycles. The minimum absolute atomic E-state index is 0.0128. The number of carbonyl (C=O) groups excluding carboxylic acids is 1. The number of amides is 1. The van der Waals surface area contributed by atoms with E-state index in [1.807, 2.05) is 17.6 Å². The molecule has 3 atom stereocenters. The van der Waals surface area contributed by atoms with E-state index in [-0.39, 0.29) is 23.5 Å². The molecule has 63 heavy (non-hydrogen) atoms. The fourth-order valence-electron chi connectivity index (χ4n) is 9.74. The third-order valence-corrected chi connectivity index (χ3v) is 14.6. The fraction of sp³-hybridized carbons (Fsp3) is 0.391. The molecule has 1 saturated carbocycles. The summed E-state index contributed by atoms with van der Waals surface area (Å²) in [5.74, 6) is -0.00163. The largest absolute Gasteiger partial charge is 0.438 e. The summed E-state index contributed by atoms with van der Waals surface area (Å²) in [5.41, 5.74) is 4.12. The Labute approximate surface area is 362 Å². The van der Waals surface area contributed by atoms with Crippen molar-refractivity contribution in [2.45, 2.75) is 77.8 Å². The van der Waals surface area contributed by atoms with E-state index in [1.54, 1.807) is 74.3 Å². The maximum atomic E-state index is 15.5. The van der Waals surface area contributed by atoms with Gasteiger partial charge < -0.3 is 18.8 Å². The molecular formula is C46H51FN9O6P. The van der Waals surface area contributed by atoms with Crippen LogP contribution in [-0.4, -0.2) is 83.4 Å². The molecule has 1 amide bonds. The van der Waals surface area contributed by atoms with E-state index in [0.717, 1.165) is 23.7 Å². The molecule has 6 aromatic rings. The molecule has 3 aliphatic rings. The summed E-state index contributed by atoms with van der Waals surface area (Å²) in [6, 6.07) is 11.0. The Morgan fingerprint density at radius 2 is 1.79 bits per heavy atom. The maximum absolute atomic E-state index is 15.5. The molecule has 1 N–H and O–H groups in total. The van der Waals surface area contributed by atoms with Crippen molar-refractivity contribution in [1.82, 2.24) is 38.5 Å². The summed E-state index contributed by atoms with van der Waals surface area (Å²) in [6.07, 6.45) is 9.04. The number of hydrogen-bond acceptors (Lipinski definition) is 9. The van der Waals surface area contributed by atoms with Gasteiger partial charge in [0.2, 0.25) is 0 Å². The minimum Gasteiger partial charge on any atom is -0.381 e. The number of aryl methyl sites for hydroxylation is 2. The highest BCUT2D eigenvalue weighted by atomic mass is 31.2. The van der Waals surface area contributed by atoms with Crippen molar-refractivity contribution in [3.63, 3.8) is 0 Å². The number of halogens is 1. The second-order valence-electron chi connectivity index (χ2n) is 17.4. The zero-order chi connectivity index (χ0) is 44.7. The predicted octanol–water partition coefficient (Wildman–Crippen LogP) is 7.57. The molecule has 9 rings (SSSR count). The zero-order valence-electron chi connectivity index (χ0n) is 36.5. The number of H-pyrrole nitrogens is 1. The Morgan fingerprint density at radius 3 is 2.41 bits per heavy atom. The van der Waals surface area contributed by atoms with Crippen molar-refractivity contribution in [3.8, 4) is 11.5 Å². The van der Waals surface area contributed by atoms with Crippen LogP contribution in [0.25, 0.3) is 22.4 Å². The van der Waals surface area contributed by atoms with Gasteiger partial charge in [0.25, 0.3) is 5.91 Å². The Balaban J connectivity index is 1.20. The summed E-state index contributed by atoms with van der Waals surface area (Å²) in [5, 5.41) is 10.1. The first kappa shape index (κ1) is 42.2. The van der Waals surface area contributed by atoms with Crippen LogP contribution in [0.2, 0.25) is 0 Å². The number of nitrogens with one attached hydrogen (secondary N) is 1. The molecule has 2 aliphatic heterocycles. The van der Waals surface area contributed by atoms with E-state index in [9.17, 15) is 14.2 Å². The van der Waals surface area contributed by atoms with Crippen LogP contribution in [0.1, 0.15) is 96.3 Å². The van der Waals surface area contributed by atoms with Crippen molar-refractivity contribution >= 4 is 29.8 Å². The third-order valence-electron chi connectivity index (χ3n) is 13.1. The lowest BCUT2D eigenvalue weighted by molar-refractivity contribution is 0.0663. The number of aromatic nitrogens is 7. The summed E-state index contributed by atoms with van der Waals surface area (Å²) in [4.78, 5) is 51.7. The van der Waals surface area contributed by atoms with Crippen LogP contribution in [-0.2, 0) is 21.3 Å². The van der Waals surface area contributed by atoms with Crippen LogP contribution >= 0.6 is 7.14 Å². The number of fused-ring (bicyclic) bond motifs is 2. The standard InChI is InChI=1S/C46H51FN9O6P/c1-9-37(48-38(10-2)63(7,8)60)53-17-18-54(45(53)59)41-39-29(6)52(16-13-34(39)50-56(41)33-21-26(3)40(47)27(4)22-33)42(57)36-24-32-23-31(30-14-19-61-20-15-30)11-12-35(32)55(36)46(25-28(46)5)43-49-44(58)62-51-43/h9-12,17-18,21-24,28-30H,1,13-16,19-20,25H2,2-8H3,(H,49,51,58)/b38-10+,48-37+. The minimum atomic E-state index is -2.81. The van der Waals surface area contributed by atoms with Gasteiger partial charge in [0.15, 0.2) is 5.82 Å². The Hall–Kier alpha value is -6.12. The van der Waals surface area contributed by atoms with Crippen LogP contribution in [0.15, 0.2) is 92.1 Å². The van der Waals surface area contributed by atoms with Gasteiger partial charge in [-0.3, -0.25) is 23.4 Å². The first-order chi connectivity index (χ1) is 30.1. The Kier molecular flexibility index (Phi) is 10.4. The van der Waals surface area contributed by atoms with Crippen molar-refractivity contribution in [2.24, 2.45) is 10.9 Å². The van der Waals surface area contributed by atoms with Crippen LogP contribution in [0, 0.1) is 25.6 Å². The second kappa shape index (κ2) is 15.6. The smallest absolute Gasteiger partial charge is 0.381 e. The quantitative estimate of drug-likeness (QED) is 0.0882. The van der Waals surface area contributed by atoms with Gasteiger partial charge in [0.05, 0.1) is 22.9 Å². The summed E-state index contributed by atoms with van der Waals surface area (Å²) in [6.45, 7) is 17.9. The van der Waals surface area contributed by atoms with E-state index in [1.165, 1.54) is 20.8 Å². The van der Waals surface area contributed by atoms with Crippen molar-refractivity contribution in [2.75, 3.05) is 33.1 Å². The molecule has 3 unspecified atom stereocenters.